The number of aryl methyl sites for hydroxylation is 1. The highest BCUT2D eigenvalue weighted by Gasteiger charge is 2.41. The predicted octanol–water partition coefficient (Wildman–Crippen LogP) is 5.46. The van der Waals surface area contributed by atoms with E-state index < -0.39 is 23.1 Å². The van der Waals surface area contributed by atoms with E-state index in [0.29, 0.717) is 44.2 Å². The number of rotatable bonds is 10. The van der Waals surface area contributed by atoms with Crippen LogP contribution >= 0.6 is 0 Å². The summed E-state index contributed by atoms with van der Waals surface area (Å²) in [6, 6.07) is 12.7. The zero-order valence-electron chi connectivity index (χ0n) is 21.4. The first-order valence-electron chi connectivity index (χ1n) is 12.8. The Balaban J connectivity index is 1.73. The molecule has 9 heteroatoms. The highest BCUT2D eigenvalue weighted by molar-refractivity contribution is 5.74. The molecule has 1 aliphatic heterocycles. The van der Waals surface area contributed by atoms with Crippen molar-refractivity contribution in [3.05, 3.63) is 77.8 Å². The summed E-state index contributed by atoms with van der Waals surface area (Å²) in [5, 5.41) is 1.40. The normalized spacial score (nSPS) is 14.7. The number of carbonyl (C=O) groups is 1. The summed E-state index contributed by atoms with van der Waals surface area (Å²) in [5.74, 6) is -0.600. The number of halogens is 2. The van der Waals surface area contributed by atoms with Crippen LogP contribution in [-0.4, -0.2) is 52.2 Å². The Morgan fingerprint density at radius 3 is 2.73 bits per heavy atom. The summed E-state index contributed by atoms with van der Waals surface area (Å²) in [6.45, 7) is 6.01. The fourth-order valence-corrected chi connectivity index (χ4v) is 4.84. The molecule has 1 fully saturated rings. The van der Waals surface area contributed by atoms with Gasteiger partial charge < -0.3 is 15.6 Å². The van der Waals surface area contributed by atoms with Crippen molar-refractivity contribution < 1.29 is 18.4 Å². The quantitative estimate of drug-likeness (QED) is 0.378. The number of hydrogen-bond donors (Lipinski definition) is 2. The second-order valence-electron chi connectivity index (χ2n) is 10.1. The number of nitrogens with zero attached hydrogens (tertiary/aromatic N) is 3. The average molecular weight is 512 g/mol. The van der Waals surface area contributed by atoms with Gasteiger partial charge in [0.1, 0.15) is 17.5 Å². The number of benzene rings is 2. The first-order chi connectivity index (χ1) is 17.8. The topological polar surface area (TPSA) is 87.5 Å². The van der Waals surface area contributed by atoms with Gasteiger partial charge in [0.15, 0.2) is 0 Å². The number of hydroxylamine groups is 2. The minimum absolute atomic E-state index is 0.0855. The van der Waals surface area contributed by atoms with E-state index in [2.05, 4.69) is 35.9 Å². The predicted molar refractivity (Wildman–Crippen MR) is 138 cm³/mol. The van der Waals surface area contributed by atoms with Gasteiger partial charge in [0.05, 0.1) is 31.1 Å². The van der Waals surface area contributed by atoms with Crippen LogP contribution in [0.2, 0.25) is 0 Å². The summed E-state index contributed by atoms with van der Waals surface area (Å²) in [6.07, 6.45) is 4.40. The number of aromatic nitrogens is 2. The fourth-order valence-electron chi connectivity index (χ4n) is 4.84. The minimum atomic E-state index is -0.557. The Hall–Kier alpha value is -3.30. The molecule has 0 saturated carbocycles. The third kappa shape index (κ3) is 6.34. The lowest BCUT2D eigenvalue weighted by molar-refractivity contribution is -0.0852. The molecule has 2 amide bonds. The van der Waals surface area contributed by atoms with Gasteiger partial charge in [-0.15, -0.1) is 0 Å². The third-order valence-electron chi connectivity index (χ3n) is 6.84. The molecule has 3 N–H and O–H groups in total. The molecule has 2 aromatic carbocycles. The molecule has 0 spiro atoms. The second-order valence-corrected chi connectivity index (χ2v) is 10.1. The lowest BCUT2D eigenvalue weighted by Gasteiger charge is -2.42. The summed E-state index contributed by atoms with van der Waals surface area (Å²) < 4.78 is 28.5. The van der Waals surface area contributed by atoms with E-state index in [4.69, 9.17) is 10.6 Å². The van der Waals surface area contributed by atoms with E-state index in [9.17, 15) is 13.6 Å². The molecule has 0 bridgehead atoms. The molecule has 0 radical (unpaired) electrons. The van der Waals surface area contributed by atoms with Crippen LogP contribution in [0, 0.1) is 17.0 Å². The number of H-pyrrole nitrogens is 1. The number of carbonyl (C=O) groups excluding carboxylic acids is 1. The molecular weight excluding hydrogens is 476 g/mol. The lowest BCUT2D eigenvalue weighted by Crippen LogP contribution is -2.48. The smallest absolute Gasteiger partial charge is 0.340 e. The second kappa shape index (κ2) is 11.8. The van der Waals surface area contributed by atoms with Crippen LogP contribution in [-0.2, 0) is 11.3 Å². The molecule has 37 heavy (non-hydrogen) atoms. The molecular formula is C28H35F2N5O2. The fraction of sp³-hybridized carbons (Fsp3) is 0.429. The minimum Gasteiger partial charge on any atom is -0.340 e. The summed E-state index contributed by atoms with van der Waals surface area (Å²) in [4.78, 5) is 28.8. The zero-order chi connectivity index (χ0) is 26.4. The standard InChI is InChI=1S/C28H35F2N5O2/c1-28(2,13-12-20-8-4-3-5-9-20)25(34(15-6-14-31)27(36)35-16-7-17-37-35)26-32-19-24(33-26)22-18-21(29)10-11-23(22)30/h3-5,8-11,18-19,25H,6-7,12-17,31H2,1-2H3,(H,32,33)/t25-/m0/s1. The largest absolute Gasteiger partial charge is 0.344 e. The molecule has 1 aliphatic rings. The van der Waals surface area contributed by atoms with Gasteiger partial charge in [-0.05, 0) is 61.4 Å². The van der Waals surface area contributed by atoms with E-state index in [0.717, 1.165) is 37.5 Å². The van der Waals surface area contributed by atoms with Crippen molar-refractivity contribution in [1.29, 1.82) is 0 Å². The number of nitrogens with one attached hydrogen (secondary N) is 1. The van der Waals surface area contributed by atoms with E-state index in [1.165, 1.54) is 16.8 Å². The molecule has 4 rings (SSSR count). The molecule has 1 saturated heterocycles. The maximum Gasteiger partial charge on any atom is 0.344 e. The molecule has 2 heterocycles. The monoisotopic (exact) mass is 511 g/mol. The van der Waals surface area contributed by atoms with Crippen molar-refractivity contribution in [2.75, 3.05) is 26.2 Å². The number of urea groups is 1. The zero-order valence-corrected chi connectivity index (χ0v) is 21.4. The molecule has 198 valence electrons. The molecule has 0 aliphatic carbocycles. The van der Waals surface area contributed by atoms with Crippen LogP contribution in [0.3, 0.4) is 0 Å². The van der Waals surface area contributed by atoms with Crippen LogP contribution in [0.15, 0.2) is 54.7 Å². The Morgan fingerprint density at radius 2 is 2.03 bits per heavy atom. The molecule has 1 atom stereocenters. The number of hydrogen-bond acceptors (Lipinski definition) is 4. The first-order valence-corrected chi connectivity index (χ1v) is 12.8. The lowest BCUT2D eigenvalue weighted by atomic mass is 9.77. The maximum absolute atomic E-state index is 14.5. The van der Waals surface area contributed by atoms with Crippen molar-refractivity contribution in [1.82, 2.24) is 19.9 Å². The van der Waals surface area contributed by atoms with Crippen molar-refractivity contribution in [2.24, 2.45) is 11.1 Å². The maximum atomic E-state index is 14.5. The van der Waals surface area contributed by atoms with E-state index >= 15 is 0 Å². The molecule has 7 nitrogen and oxygen atoms in total. The highest BCUT2D eigenvalue weighted by atomic mass is 19.1. The van der Waals surface area contributed by atoms with Gasteiger partial charge in [0.2, 0.25) is 0 Å². The van der Waals surface area contributed by atoms with Gasteiger partial charge in [-0.2, -0.15) is 0 Å². The van der Waals surface area contributed by atoms with Gasteiger partial charge in [-0.25, -0.2) is 23.6 Å². The average Bonchev–Trinajstić information content (AvgIpc) is 3.60. The van der Waals surface area contributed by atoms with Crippen LogP contribution in [0.4, 0.5) is 13.6 Å². The van der Waals surface area contributed by atoms with Crippen molar-refractivity contribution in [3.63, 3.8) is 0 Å². The van der Waals surface area contributed by atoms with Crippen LogP contribution in [0.5, 0.6) is 0 Å². The van der Waals surface area contributed by atoms with Crippen molar-refractivity contribution >= 4 is 6.03 Å². The first kappa shape index (κ1) is 26.8. The third-order valence-corrected chi connectivity index (χ3v) is 6.84. The Bertz CT molecular complexity index is 1180. The SMILES string of the molecule is CC(C)(CCc1ccccc1)[C@H](c1ncc(-c2cc(F)ccc2F)[nH]1)N(CCCN)C(=O)N1CCCO1. The highest BCUT2D eigenvalue weighted by Crippen LogP contribution is 2.42. The van der Waals surface area contributed by atoms with Gasteiger partial charge >= 0.3 is 6.03 Å². The number of amides is 2. The van der Waals surface area contributed by atoms with Crippen LogP contribution in [0.25, 0.3) is 11.3 Å². The van der Waals surface area contributed by atoms with Gasteiger partial charge in [0.25, 0.3) is 0 Å². The summed E-state index contributed by atoms with van der Waals surface area (Å²) in [7, 11) is 0. The Labute approximate surface area is 216 Å². The van der Waals surface area contributed by atoms with E-state index in [1.807, 2.05) is 18.2 Å². The number of nitrogens with two attached hydrogens (primary N) is 1. The Morgan fingerprint density at radius 1 is 1.24 bits per heavy atom. The summed E-state index contributed by atoms with van der Waals surface area (Å²) >= 11 is 0. The van der Waals surface area contributed by atoms with Crippen molar-refractivity contribution in [3.8, 4) is 11.3 Å². The van der Waals surface area contributed by atoms with Gasteiger partial charge in [-0.3, -0.25) is 4.84 Å². The number of aromatic amines is 1. The van der Waals surface area contributed by atoms with E-state index in [-0.39, 0.29) is 11.6 Å². The number of imidazole rings is 1. The Kier molecular flexibility index (Phi) is 8.56. The van der Waals surface area contributed by atoms with Crippen LogP contribution in [0.1, 0.15) is 50.5 Å². The van der Waals surface area contributed by atoms with Crippen LogP contribution < -0.4 is 5.73 Å². The molecule has 0 unspecified atom stereocenters. The molecule has 3 aromatic rings. The summed E-state index contributed by atoms with van der Waals surface area (Å²) in [5.41, 5.74) is 7.02. The van der Waals surface area contributed by atoms with Crippen molar-refractivity contribution in [2.45, 2.75) is 45.6 Å². The molecule has 1 aromatic heterocycles. The van der Waals surface area contributed by atoms with E-state index in [1.54, 1.807) is 4.90 Å². The van der Waals surface area contributed by atoms with Gasteiger partial charge in [-0.1, -0.05) is 44.2 Å². The van der Waals surface area contributed by atoms with Gasteiger partial charge in [0, 0.05) is 12.1 Å².